The normalized spacial score (nSPS) is 12.0. The van der Waals surface area contributed by atoms with Gasteiger partial charge in [-0.2, -0.15) is 5.26 Å². The number of carbonyl (C=O) groups excluding carboxylic acids is 1. The van der Waals surface area contributed by atoms with Crippen LogP contribution >= 0.6 is 23.1 Å². The zero-order chi connectivity index (χ0) is 19.7. The van der Waals surface area contributed by atoms with Crippen LogP contribution in [0, 0.1) is 39.0 Å². The summed E-state index contributed by atoms with van der Waals surface area (Å²) >= 11 is 2.88. The Labute approximate surface area is 167 Å². The number of amides is 1. The van der Waals surface area contributed by atoms with E-state index in [1.165, 1.54) is 23.1 Å². The number of aryl methyl sites for hydroxylation is 3. The van der Waals surface area contributed by atoms with Crippen molar-refractivity contribution in [3.05, 3.63) is 51.4 Å². The molecule has 1 N–H and O–H groups in total. The van der Waals surface area contributed by atoms with E-state index < -0.39 is 0 Å². The van der Waals surface area contributed by atoms with Crippen molar-refractivity contribution >= 4 is 44.9 Å². The first-order chi connectivity index (χ1) is 12.8. The molecule has 6 heteroatoms. The van der Waals surface area contributed by atoms with Crippen molar-refractivity contribution in [2.75, 3.05) is 5.32 Å². The van der Waals surface area contributed by atoms with E-state index in [2.05, 4.69) is 24.4 Å². The third-order valence-corrected chi connectivity index (χ3v) is 6.77. The second-order valence-electron chi connectivity index (χ2n) is 6.60. The highest BCUT2D eigenvalue weighted by Gasteiger charge is 2.20. The van der Waals surface area contributed by atoms with Crippen molar-refractivity contribution in [3.8, 4) is 6.07 Å². The number of para-hydroxylation sites is 1. The SMILES string of the molecule is Cc1sc(NC(=O)C(C)Sc2cc(C)c3cccc(C)c3n2)c(C#N)c1C. The van der Waals surface area contributed by atoms with E-state index in [1.807, 2.05) is 45.9 Å². The van der Waals surface area contributed by atoms with Gasteiger partial charge in [-0.05, 0) is 57.4 Å². The predicted octanol–water partition coefficient (Wildman–Crippen LogP) is 5.52. The molecular formula is C21H21N3OS2. The Morgan fingerprint density at radius 2 is 2.00 bits per heavy atom. The molecule has 1 aromatic carbocycles. The number of aromatic nitrogens is 1. The quantitative estimate of drug-likeness (QED) is 0.591. The summed E-state index contributed by atoms with van der Waals surface area (Å²) in [5.74, 6) is -0.123. The molecule has 138 valence electrons. The van der Waals surface area contributed by atoms with Gasteiger partial charge in [0.2, 0.25) is 5.91 Å². The minimum absolute atomic E-state index is 0.123. The van der Waals surface area contributed by atoms with Gasteiger partial charge in [0, 0.05) is 10.3 Å². The Balaban J connectivity index is 1.81. The number of fused-ring (bicyclic) bond motifs is 1. The lowest BCUT2D eigenvalue weighted by Gasteiger charge is -2.13. The molecule has 0 bridgehead atoms. The monoisotopic (exact) mass is 395 g/mol. The number of rotatable bonds is 4. The number of nitrogens with zero attached hydrogens (tertiary/aromatic N) is 2. The highest BCUT2D eigenvalue weighted by Crippen LogP contribution is 2.33. The van der Waals surface area contributed by atoms with E-state index in [0.29, 0.717) is 10.6 Å². The smallest absolute Gasteiger partial charge is 0.238 e. The fraction of sp³-hybridized carbons (Fsp3) is 0.286. The molecule has 0 saturated carbocycles. The molecule has 1 unspecified atom stereocenters. The standard InChI is InChI=1S/C21H21N3OS2/c1-11-7-6-8-16-12(2)9-18(23-19(11)16)26-15(5)20(25)24-21-17(10-22)13(3)14(4)27-21/h6-9,15H,1-5H3,(H,24,25). The van der Waals surface area contributed by atoms with Crippen LogP contribution in [0.4, 0.5) is 5.00 Å². The van der Waals surface area contributed by atoms with Crippen molar-refractivity contribution in [1.82, 2.24) is 4.98 Å². The fourth-order valence-corrected chi connectivity index (χ4v) is 4.82. The molecule has 27 heavy (non-hydrogen) atoms. The zero-order valence-electron chi connectivity index (χ0n) is 16.0. The summed E-state index contributed by atoms with van der Waals surface area (Å²) in [6.07, 6.45) is 0. The van der Waals surface area contributed by atoms with Crippen molar-refractivity contribution in [2.45, 2.75) is 44.9 Å². The first kappa shape index (κ1) is 19.4. The van der Waals surface area contributed by atoms with Crippen molar-refractivity contribution in [3.63, 3.8) is 0 Å². The summed E-state index contributed by atoms with van der Waals surface area (Å²) in [4.78, 5) is 18.5. The number of hydrogen-bond acceptors (Lipinski definition) is 5. The average Bonchev–Trinajstić information content (AvgIpc) is 2.89. The summed E-state index contributed by atoms with van der Waals surface area (Å²) in [6.45, 7) is 9.83. The largest absolute Gasteiger partial charge is 0.316 e. The summed E-state index contributed by atoms with van der Waals surface area (Å²) in [5.41, 5.74) is 4.73. The van der Waals surface area contributed by atoms with Crippen LogP contribution in [0.2, 0.25) is 0 Å². The molecule has 3 rings (SSSR count). The Hall–Kier alpha value is -2.36. The number of benzene rings is 1. The summed E-state index contributed by atoms with van der Waals surface area (Å²) < 4.78 is 0. The summed E-state index contributed by atoms with van der Waals surface area (Å²) in [7, 11) is 0. The molecule has 2 heterocycles. The Bertz CT molecular complexity index is 1080. The maximum atomic E-state index is 12.7. The lowest BCUT2D eigenvalue weighted by Crippen LogP contribution is -2.22. The number of hydrogen-bond donors (Lipinski definition) is 1. The van der Waals surface area contributed by atoms with Crippen LogP contribution in [0.3, 0.4) is 0 Å². The van der Waals surface area contributed by atoms with Crippen molar-refractivity contribution in [1.29, 1.82) is 5.26 Å². The minimum atomic E-state index is -0.326. The second-order valence-corrected chi connectivity index (χ2v) is 9.18. The molecule has 1 atom stereocenters. The van der Waals surface area contributed by atoms with E-state index in [1.54, 1.807) is 0 Å². The van der Waals surface area contributed by atoms with Crippen LogP contribution < -0.4 is 5.32 Å². The molecule has 0 aliphatic rings. The van der Waals surface area contributed by atoms with Gasteiger partial charge in [-0.1, -0.05) is 30.0 Å². The average molecular weight is 396 g/mol. The first-order valence-corrected chi connectivity index (χ1v) is 10.4. The van der Waals surface area contributed by atoms with Gasteiger partial charge in [0.1, 0.15) is 11.1 Å². The fourth-order valence-electron chi connectivity index (χ4n) is 2.89. The van der Waals surface area contributed by atoms with Crippen LogP contribution in [0.1, 0.15) is 34.1 Å². The molecule has 0 aliphatic carbocycles. The lowest BCUT2D eigenvalue weighted by atomic mass is 10.1. The number of anilines is 1. The maximum Gasteiger partial charge on any atom is 0.238 e. The zero-order valence-corrected chi connectivity index (χ0v) is 17.6. The van der Waals surface area contributed by atoms with E-state index in [0.717, 1.165) is 37.5 Å². The van der Waals surface area contributed by atoms with E-state index in [-0.39, 0.29) is 11.2 Å². The van der Waals surface area contributed by atoms with Crippen LogP contribution in [0.15, 0.2) is 29.3 Å². The van der Waals surface area contributed by atoms with Crippen LogP contribution in [0.5, 0.6) is 0 Å². The van der Waals surface area contributed by atoms with Gasteiger partial charge in [-0.15, -0.1) is 11.3 Å². The Morgan fingerprint density at radius 1 is 1.26 bits per heavy atom. The number of thioether (sulfide) groups is 1. The molecule has 0 radical (unpaired) electrons. The van der Waals surface area contributed by atoms with E-state index in [4.69, 9.17) is 4.98 Å². The molecule has 0 saturated heterocycles. The highest BCUT2D eigenvalue weighted by molar-refractivity contribution is 8.00. The highest BCUT2D eigenvalue weighted by atomic mass is 32.2. The lowest BCUT2D eigenvalue weighted by molar-refractivity contribution is -0.115. The Kier molecular flexibility index (Phi) is 5.54. The molecule has 1 amide bonds. The Morgan fingerprint density at radius 3 is 2.70 bits per heavy atom. The summed E-state index contributed by atoms with van der Waals surface area (Å²) in [5, 5.41) is 14.5. The maximum absolute atomic E-state index is 12.7. The molecule has 4 nitrogen and oxygen atoms in total. The topological polar surface area (TPSA) is 65.8 Å². The number of carbonyl (C=O) groups is 1. The van der Waals surface area contributed by atoms with Crippen molar-refractivity contribution in [2.24, 2.45) is 0 Å². The molecule has 0 spiro atoms. The second kappa shape index (κ2) is 7.71. The molecule has 3 aromatic rings. The van der Waals surface area contributed by atoms with Gasteiger partial charge in [-0.3, -0.25) is 4.79 Å². The van der Waals surface area contributed by atoms with Gasteiger partial charge in [0.15, 0.2) is 0 Å². The van der Waals surface area contributed by atoms with Crippen LogP contribution in [-0.4, -0.2) is 16.1 Å². The third kappa shape index (κ3) is 3.85. The van der Waals surface area contributed by atoms with Crippen molar-refractivity contribution < 1.29 is 4.79 Å². The van der Waals surface area contributed by atoms with Crippen LogP contribution in [-0.2, 0) is 4.79 Å². The van der Waals surface area contributed by atoms with Gasteiger partial charge in [0.05, 0.1) is 21.4 Å². The summed E-state index contributed by atoms with van der Waals surface area (Å²) in [6, 6.07) is 10.4. The molecule has 2 aromatic heterocycles. The van der Waals surface area contributed by atoms with E-state index >= 15 is 0 Å². The molecule has 0 aliphatic heterocycles. The van der Waals surface area contributed by atoms with Gasteiger partial charge >= 0.3 is 0 Å². The van der Waals surface area contributed by atoms with Gasteiger partial charge in [0.25, 0.3) is 0 Å². The van der Waals surface area contributed by atoms with Crippen LogP contribution in [0.25, 0.3) is 10.9 Å². The number of nitriles is 1. The predicted molar refractivity (Wildman–Crippen MR) is 114 cm³/mol. The van der Waals surface area contributed by atoms with Gasteiger partial charge < -0.3 is 5.32 Å². The third-order valence-electron chi connectivity index (χ3n) is 4.63. The first-order valence-electron chi connectivity index (χ1n) is 8.66. The number of pyridine rings is 1. The number of nitrogens with one attached hydrogen (secondary N) is 1. The number of thiophene rings is 1. The molecular weight excluding hydrogens is 374 g/mol. The molecule has 0 fully saturated rings. The minimum Gasteiger partial charge on any atom is -0.316 e. The van der Waals surface area contributed by atoms with Gasteiger partial charge in [-0.25, -0.2) is 4.98 Å². The van der Waals surface area contributed by atoms with E-state index in [9.17, 15) is 10.1 Å².